The number of likely N-dealkylation sites (tertiary alicyclic amines) is 1. The van der Waals surface area contributed by atoms with Crippen LogP contribution in [0, 0.1) is 5.82 Å². The van der Waals surface area contributed by atoms with Crippen LogP contribution in [0.5, 0.6) is 0 Å². The van der Waals surface area contributed by atoms with E-state index in [1.807, 2.05) is 12.1 Å². The number of hydrogen-bond acceptors (Lipinski definition) is 3. The van der Waals surface area contributed by atoms with Crippen molar-refractivity contribution in [3.05, 3.63) is 70.5 Å². The molecule has 26 heavy (non-hydrogen) atoms. The van der Waals surface area contributed by atoms with Gasteiger partial charge >= 0.3 is 0 Å². The van der Waals surface area contributed by atoms with Crippen molar-refractivity contribution < 1.29 is 14.3 Å². The average Bonchev–Trinajstić information content (AvgIpc) is 2.62. The third-order valence-corrected chi connectivity index (χ3v) is 5.44. The molecule has 1 unspecified atom stereocenters. The zero-order valence-electron chi connectivity index (χ0n) is 14.8. The van der Waals surface area contributed by atoms with Gasteiger partial charge in [-0.3, -0.25) is 9.69 Å². The Labute approximate surface area is 158 Å². The fraction of sp³-hybridized carbons (Fsp3) is 0.381. The van der Waals surface area contributed by atoms with E-state index in [4.69, 9.17) is 11.6 Å². The van der Waals surface area contributed by atoms with Crippen LogP contribution in [0.25, 0.3) is 0 Å². The Balaban J connectivity index is 1.75. The molecule has 0 aliphatic carbocycles. The first-order chi connectivity index (χ1) is 12.4. The van der Waals surface area contributed by atoms with Gasteiger partial charge in [-0.25, -0.2) is 4.39 Å². The summed E-state index contributed by atoms with van der Waals surface area (Å²) < 4.78 is 13.2. The predicted octanol–water partition coefficient (Wildman–Crippen LogP) is 4.48. The second kappa shape index (κ2) is 7.87. The number of hydrogen-bond donors (Lipinski definition) is 1. The van der Waals surface area contributed by atoms with E-state index >= 15 is 0 Å². The van der Waals surface area contributed by atoms with Gasteiger partial charge in [0.15, 0.2) is 0 Å². The smallest absolute Gasteiger partial charge is 0.131 e. The Hall–Kier alpha value is -1.75. The van der Waals surface area contributed by atoms with E-state index < -0.39 is 5.60 Å². The second-order valence-electron chi connectivity index (χ2n) is 7.05. The summed E-state index contributed by atoms with van der Waals surface area (Å²) in [5.41, 5.74) is 0.912. The lowest BCUT2D eigenvalue weighted by Gasteiger charge is -2.42. The molecule has 3 rings (SSSR count). The molecule has 1 aliphatic heterocycles. The lowest BCUT2D eigenvalue weighted by atomic mass is 9.83. The molecule has 0 aromatic heterocycles. The van der Waals surface area contributed by atoms with E-state index in [-0.39, 0.29) is 17.6 Å². The van der Waals surface area contributed by atoms with Gasteiger partial charge in [0.25, 0.3) is 0 Å². The molecule has 2 aromatic rings. The Morgan fingerprint density at radius 2 is 1.73 bits per heavy atom. The molecule has 0 bridgehead atoms. The van der Waals surface area contributed by atoms with Gasteiger partial charge in [-0.05, 0) is 55.2 Å². The molecule has 3 nitrogen and oxygen atoms in total. The summed E-state index contributed by atoms with van der Waals surface area (Å²) in [6.07, 6.45) is 1.53. The number of carbonyl (C=O) groups is 1. The summed E-state index contributed by atoms with van der Waals surface area (Å²) in [6.45, 7) is 2.90. The molecule has 5 heteroatoms. The zero-order chi connectivity index (χ0) is 18.7. The number of nitrogens with zero attached hydrogens (tertiary/aromatic N) is 1. The van der Waals surface area contributed by atoms with Gasteiger partial charge < -0.3 is 5.11 Å². The Morgan fingerprint density at radius 1 is 1.15 bits per heavy atom. The van der Waals surface area contributed by atoms with Crippen LogP contribution in [0.3, 0.4) is 0 Å². The Bertz CT molecular complexity index is 753. The molecule has 0 saturated carbocycles. The van der Waals surface area contributed by atoms with Gasteiger partial charge in [0, 0.05) is 30.6 Å². The minimum atomic E-state index is -0.884. The van der Waals surface area contributed by atoms with Gasteiger partial charge in [0.05, 0.1) is 5.60 Å². The van der Waals surface area contributed by atoms with E-state index in [0.29, 0.717) is 37.4 Å². The monoisotopic (exact) mass is 375 g/mol. The van der Waals surface area contributed by atoms with Gasteiger partial charge in [-0.2, -0.15) is 0 Å². The van der Waals surface area contributed by atoms with E-state index in [2.05, 4.69) is 4.90 Å². The number of benzene rings is 2. The summed E-state index contributed by atoms with van der Waals surface area (Å²) in [4.78, 5) is 14.0. The summed E-state index contributed by atoms with van der Waals surface area (Å²) in [5.74, 6) is -0.191. The predicted molar refractivity (Wildman–Crippen MR) is 101 cm³/mol. The van der Waals surface area contributed by atoms with Crippen molar-refractivity contribution in [1.29, 1.82) is 0 Å². The first-order valence-electron chi connectivity index (χ1n) is 8.85. The van der Waals surface area contributed by atoms with E-state index in [0.717, 1.165) is 11.1 Å². The van der Waals surface area contributed by atoms with E-state index in [1.165, 1.54) is 12.1 Å². The number of aliphatic hydroxyl groups is 1. The van der Waals surface area contributed by atoms with Crippen molar-refractivity contribution in [2.45, 2.75) is 37.8 Å². The summed E-state index contributed by atoms with van der Waals surface area (Å²) in [5, 5.41) is 11.7. The van der Waals surface area contributed by atoms with Crippen molar-refractivity contribution in [2.75, 3.05) is 13.1 Å². The highest BCUT2D eigenvalue weighted by Crippen LogP contribution is 2.37. The van der Waals surface area contributed by atoms with Gasteiger partial charge in [0.2, 0.25) is 0 Å². The van der Waals surface area contributed by atoms with Crippen LogP contribution >= 0.6 is 11.6 Å². The highest BCUT2D eigenvalue weighted by molar-refractivity contribution is 6.30. The van der Waals surface area contributed by atoms with Gasteiger partial charge in [-0.1, -0.05) is 35.9 Å². The topological polar surface area (TPSA) is 40.5 Å². The minimum absolute atomic E-state index is 0.0946. The number of piperidine rings is 1. The number of rotatable bonds is 5. The molecular weight excluding hydrogens is 353 g/mol. The van der Waals surface area contributed by atoms with Crippen LogP contribution in [0.15, 0.2) is 48.5 Å². The molecule has 138 valence electrons. The lowest BCUT2D eigenvalue weighted by Crippen LogP contribution is -2.44. The fourth-order valence-electron chi connectivity index (χ4n) is 3.67. The molecule has 0 radical (unpaired) electrons. The van der Waals surface area contributed by atoms with Crippen LogP contribution in [-0.4, -0.2) is 28.9 Å². The maximum absolute atomic E-state index is 13.2. The molecular formula is C21H23ClFNO2. The standard InChI is InChI=1S/C21H23ClFNO2/c1-15(25)14-20(16-2-8-19(23)9-3-16)24-12-10-21(26,11-13-24)17-4-6-18(22)7-5-17/h2-9,20,26H,10-14H2,1H3. The summed E-state index contributed by atoms with van der Waals surface area (Å²) in [7, 11) is 0. The number of carbonyl (C=O) groups excluding carboxylic acids is 1. The Morgan fingerprint density at radius 3 is 2.27 bits per heavy atom. The first kappa shape index (κ1) is 19.0. The third kappa shape index (κ3) is 4.32. The molecule has 1 saturated heterocycles. The summed E-state index contributed by atoms with van der Waals surface area (Å²) >= 11 is 5.94. The molecule has 0 spiro atoms. The SMILES string of the molecule is CC(=O)CC(c1ccc(F)cc1)N1CCC(O)(c2ccc(Cl)cc2)CC1. The van der Waals surface area contributed by atoms with Crippen LogP contribution in [0.4, 0.5) is 4.39 Å². The normalized spacial score (nSPS) is 18.5. The molecule has 1 N–H and O–H groups in total. The molecule has 1 aliphatic rings. The fourth-order valence-corrected chi connectivity index (χ4v) is 3.80. The molecule has 2 aromatic carbocycles. The highest BCUT2D eigenvalue weighted by atomic mass is 35.5. The average molecular weight is 376 g/mol. The Kier molecular flexibility index (Phi) is 5.76. The highest BCUT2D eigenvalue weighted by Gasteiger charge is 2.36. The maximum atomic E-state index is 13.2. The van der Waals surface area contributed by atoms with Crippen LogP contribution < -0.4 is 0 Å². The quantitative estimate of drug-likeness (QED) is 0.837. The van der Waals surface area contributed by atoms with Crippen LogP contribution in [0.2, 0.25) is 5.02 Å². The van der Waals surface area contributed by atoms with Crippen molar-refractivity contribution in [3.63, 3.8) is 0 Å². The zero-order valence-corrected chi connectivity index (χ0v) is 15.5. The van der Waals surface area contributed by atoms with E-state index in [1.54, 1.807) is 31.2 Å². The molecule has 1 fully saturated rings. The van der Waals surface area contributed by atoms with Crippen LogP contribution in [-0.2, 0) is 10.4 Å². The molecule has 1 atom stereocenters. The summed E-state index contributed by atoms with van der Waals surface area (Å²) in [6, 6.07) is 13.5. The first-order valence-corrected chi connectivity index (χ1v) is 9.22. The molecule has 0 amide bonds. The number of halogens is 2. The maximum Gasteiger partial charge on any atom is 0.131 e. The van der Waals surface area contributed by atoms with Crippen molar-refractivity contribution in [1.82, 2.24) is 4.90 Å². The lowest BCUT2D eigenvalue weighted by molar-refractivity contribution is -0.118. The largest absolute Gasteiger partial charge is 0.385 e. The van der Waals surface area contributed by atoms with Crippen molar-refractivity contribution in [3.8, 4) is 0 Å². The van der Waals surface area contributed by atoms with Crippen molar-refractivity contribution >= 4 is 17.4 Å². The van der Waals surface area contributed by atoms with E-state index in [9.17, 15) is 14.3 Å². The van der Waals surface area contributed by atoms with Gasteiger partial charge in [0.1, 0.15) is 11.6 Å². The number of ketones is 1. The number of Topliss-reactive ketones (excluding diaryl/α,β-unsaturated/α-hetero) is 1. The second-order valence-corrected chi connectivity index (χ2v) is 7.48. The van der Waals surface area contributed by atoms with Crippen LogP contribution in [0.1, 0.15) is 43.4 Å². The van der Waals surface area contributed by atoms with Crippen molar-refractivity contribution in [2.24, 2.45) is 0 Å². The molecule has 1 heterocycles. The third-order valence-electron chi connectivity index (χ3n) is 5.18. The van der Waals surface area contributed by atoms with Gasteiger partial charge in [-0.15, -0.1) is 0 Å². The minimum Gasteiger partial charge on any atom is -0.385 e.